The Kier molecular flexibility index (Phi) is 4.21. The van der Waals surface area contributed by atoms with Gasteiger partial charge in [-0.2, -0.15) is 0 Å². The maximum absolute atomic E-state index is 14.3. The molecule has 3 aliphatic heterocycles. The lowest BCUT2D eigenvalue weighted by Gasteiger charge is -2.40. The number of rotatable bonds is 0. The van der Waals surface area contributed by atoms with Crippen LogP contribution in [0.3, 0.4) is 0 Å². The summed E-state index contributed by atoms with van der Waals surface area (Å²) in [6.45, 7) is 11.0. The van der Waals surface area contributed by atoms with Crippen LogP contribution in [0.4, 0.5) is 17.1 Å². The van der Waals surface area contributed by atoms with E-state index < -0.39 is 0 Å². The van der Waals surface area contributed by atoms with E-state index in [-0.39, 0.29) is 23.2 Å². The fraction of sp³-hybridized carbons (Fsp3) is 0.184. The zero-order chi connectivity index (χ0) is 29.9. The van der Waals surface area contributed by atoms with Crippen LogP contribution < -0.4 is 26.1 Å². The second-order valence-corrected chi connectivity index (χ2v) is 14.2. The molecule has 1 aliphatic carbocycles. The lowest BCUT2D eigenvalue weighted by atomic mass is 9.48. The van der Waals surface area contributed by atoms with Gasteiger partial charge in [0.25, 0.3) is 5.56 Å². The number of para-hydroxylation sites is 1. The average Bonchev–Trinajstić information content (AvgIpc) is 3.58. The molecule has 0 fully saturated rings. The molecule has 5 aromatic carbocycles. The Morgan fingerprint density at radius 3 is 2.39 bits per heavy atom. The van der Waals surface area contributed by atoms with E-state index in [1.165, 1.54) is 22.3 Å². The summed E-state index contributed by atoms with van der Waals surface area (Å²) < 4.78 is 10.9. The molecule has 0 unspecified atom stereocenters. The summed E-state index contributed by atoms with van der Waals surface area (Å²) in [5.41, 5.74) is 13.6. The van der Waals surface area contributed by atoms with Crippen molar-refractivity contribution in [2.24, 2.45) is 0 Å². The number of ether oxygens (including phenoxy) is 1. The van der Waals surface area contributed by atoms with Crippen molar-refractivity contribution in [2.45, 2.75) is 45.4 Å². The molecule has 10 rings (SSSR count). The largest absolute Gasteiger partial charge is 0.453 e. The highest BCUT2D eigenvalue weighted by Crippen LogP contribution is 2.57. The normalized spacial score (nSPS) is 15.8. The monoisotopic (exact) mass is 571 g/mol. The number of benzene rings is 5. The highest BCUT2D eigenvalue weighted by Gasteiger charge is 2.48. The van der Waals surface area contributed by atoms with Crippen molar-refractivity contribution in [3.05, 3.63) is 118 Å². The summed E-state index contributed by atoms with van der Waals surface area (Å²) in [4.78, 5) is 16.7. The van der Waals surface area contributed by atoms with Gasteiger partial charge < -0.3 is 9.64 Å². The molecular formula is C38H30BN3O2. The van der Waals surface area contributed by atoms with Crippen LogP contribution in [-0.2, 0) is 10.8 Å². The molecule has 0 amide bonds. The Balaban J connectivity index is 1.26. The van der Waals surface area contributed by atoms with Gasteiger partial charge in [-0.25, -0.2) is 0 Å². The van der Waals surface area contributed by atoms with Crippen LogP contribution in [0, 0.1) is 0 Å². The third-order valence-corrected chi connectivity index (χ3v) is 10.5. The molecule has 0 radical (unpaired) electrons. The van der Waals surface area contributed by atoms with Crippen molar-refractivity contribution in [1.29, 1.82) is 0 Å². The molecule has 0 spiro atoms. The maximum Gasteiger partial charge on any atom is 0.357 e. The number of fused-ring (bicyclic) bond motifs is 12. The van der Waals surface area contributed by atoms with Gasteiger partial charge in [-0.15, -0.1) is 0 Å². The molecule has 5 nitrogen and oxygen atoms in total. The molecular weight excluding hydrogens is 541 g/mol. The minimum absolute atomic E-state index is 0.0405. The second-order valence-electron chi connectivity index (χ2n) is 14.2. The molecule has 6 heteroatoms. The number of aromatic nitrogens is 2. The zero-order valence-electron chi connectivity index (χ0n) is 25.4. The van der Waals surface area contributed by atoms with Gasteiger partial charge in [-0.3, -0.25) is 14.1 Å². The van der Waals surface area contributed by atoms with Crippen molar-refractivity contribution in [1.82, 2.24) is 9.27 Å². The van der Waals surface area contributed by atoms with Crippen molar-refractivity contribution in [3.63, 3.8) is 0 Å². The van der Waals surface area contributed by atoms with Gasteiger partial charge in [0.2, 0.25) is 0 Å². The zero-order valence-corrected chi connectivity index (χ0v) is 25.4. The first-order valence-electron chi connectivity index (χ1n) is 15.4. The highest BCUT2D eigenvalue weighted by atomic mass is 16.5. The number of hydrogen-bond acceptors (Lipinski definition) is 3. The van der Waals surface area contributed by atoms with Gasteiger partial charge in [0.05, 0.1) is 28.0 Å². The summed E-state index contributed by atoms with van der Waals surface area (Å²) in [7, 11) is 0. The Labute approximate surface area is 256 Å². The summed E-state index contributed by atoms with van der Waals surface area (Å²) in [5, 5.41) is 0.764. The average molecular weight is 571 g/mol. The Morgan fingerprint density at radius 1 is 0.750 bits per heavy atom. The lowest BCUT2D eigenvalue weighted by molar-refractivity contribution is 0.477. The Hall–Kier alpha value is -4.97. The fourth-order valence-corrected chi connectivity index (χ4v) is 8.32. The predicted octanol–water partition coefficient (Wildman–Crippen LogP) is 7.25. The fourth-order valence-electron chi connectivity index (χ4n) is 8.32. The van der Waals surface area contributed by atoms with E-state index in [9.17, 15) is 4.79 Å². The molecule has 0 saturated carbocycles. The SMILES string of the molecule is CC(C)(C)c1ccc2c(c1)c(=O)n1n2-c2cccc3c2B1c1cccc2c1N3c1cc3c(cc1O2)-c1ccccc1C3(C)C. The van der Waals surface area contributed by atoms with Crippen molar-refractivity contribution in [3.8, 4) is 28.3 Å². The molecule has 4 aliphatic rings. The van der Waals surface area contributed by atoms with E-state index in [0.29, 0.717) is 0 Å². The van der Waals surface area contributed by atoms with Crippen LogP contribution >= 0.6 is 0 Å². The van der Waals surface area contributed by atoms with Gasteiger partial charge in [0.1, 0.15) is 0 Å². The Bertz CT molecular complexity index is 2370. The number of nitrogens with zero attached hydrogens (tertiary/aromatic N) is 3. The predicted molar refractivity (Wildman–Crippen MR) is 179 cm³/mol. The molecule has 4 heterocycles. The molecule has 6 aromatic rings. The Morgan fingerprint density at radius 2 is 1.55 bits per heavy atom. The van der Waals surface area contributed by atoms with Gasteiger partial charge in [-0.05, 0) is 81.2 Å². The molecule has 44 heavy (non-hydrogen) atoms. The second kappa shape index (κ2) is 7.57. The van der Waals surface area contributed by atoms with Crippen LogP contribution in [0.25, 0.3) is 27.7 Å². The van der Waals surface area contributed by atoms with E-state index >= 15 is 0 Å². The van der Waals surface area contributed by atoms with Gasteiger partial charge in [-0.1, -0.05) is 83.1 Å². The highest BCUT2D eigenvalue weighted by molar-refractivity contribution is 6.88. The lowest BCUT2D eigenvalue weighted by Crippen LogP contribution is -2.55. The summed E-state index contributed by atoms with van der Waals surface area (Å²) in [5.74, 6) is 1.67. The smallest absolute Gasteiger partial charge is 0.357 e. The number of hydrogen-bond donors (Lipinski definition) is 0. The maximum atomic E-state index is 14.3. The molecule has 0 atom stereocenters. The molecule has 212 valence electrons. The summed E-state index contributed by atoms with van der Waals surface area (Å²) in [6.07, 6.45) is 0. The van der Waals surface area contributed by atoms with E-state index in [2.05, 4.69) is 135 Å². The number of anilines is 3. The van der Waals surface area contributed by atoms with Crippen molar-refractivity contribution >= 4 is 45.7 Å². The van der Waals surface area contributed by atoms with Crippen LogP contribution in [0.2, 0.25) is 0 Å². The van der Waals surface area contributed by atoms with E-state index in [1.54, 1.807) is 0 Å². The third kappa shape index (κ3) is 2.72. The van der Waals surface area contributed by atoms with Crippen molar-refractivity contribution < 1.29 is 4.74 Å². The van der Waals surface area contributed by atoms with Crippen LogP contribution in [-0.4, -0.2) is 16.1 Å². The van der Waals surface area contributed by atoms with E-state index in [4.69, 9.17) is 4.74 Å². The summed E-state index contributed by atoms with van der Waals surface area (Å²) >= 11 is 0. The molecule has 0 saturated heterocycles. The minimum Gasteiger partial charge on any atom is -0.453 e. The van der Waals surface area contributed by atoms with Crippen LogP contribution in [0.1, 0.15) is 51.3 Å². The first kappa shape index (κ1) is 24.5. The third-order valence-electron chi connectivity index (χ3n) is 10.5. The molecule has 0 bridgehead atoms. The standard InChI is InChI=1S/C38H30BN3O2/c1-37(2,3)21-16-17-28-24(18-21)36(43)42-39-27-12-8-15-32-35(27)40(29-13-9-14-30(34(29)39)41(28)42)31-20-26-23(19-33(31)44-32)22-10-6-7-11-25(22)38(26,4)5/h6-20H,1-5H3. The van der Waals surface area contributed by atoms with Gasteiger partial charge in [0, 0.05) is 16.6 Å². The topological polar surface area (TPSA) is 39.4 Å². The van der Waals surface area contributed by atoms with Crippen LogP contribution in [0.5, 0.6) is 11.5 Å². The van der Waals surface area contributed by atoms with Crippen molar-refractivity contribution in [2.75, 3.05) is 4.90 Å². The quantitative estimate of drug-likeness (QED) is 0.180. The van der Waals surface area contributed by atoms with Crippen LogP contribution in [0.15, 0.2) is 95.8 Å². The first-order valence-corrected chi connectivity index (χ1v) is 15.4. The van der Waals surface area contributed by atoms with E-state index in [0.717, 1.165) is 61.6 Å². The van der Waals surface area contributed by atoms with E-state index in [1.807, 2.05) is 4.59 Å². The summed E-state index contributed by atoms with van der Waals surface area (Å²) in [6, 6.07) is 32.4. The first-order chi connectivity index (χ1) is 21.1. The van der Waals surface area contributed by atoms with Gasteiger partial charge in [0.15, 0.2) is 11.5 Å². The molecule has 1 aromatic heterocycles. The minimum atomic E-state index is -0.245. The molecule has 0 N–H and O–H groups in total. The van der Waals surface area contributed by atoms with Gasteiger partial charge >= 0.3 is 6.85 Å².